The second-order valence-electron chi connectivity index (χ2n) is 19.6. The van der Waals surface area contributed by atoms with E-state index in [1.54, 1.807) is 22.2 Å². The predicted molar refractivity (Wildman–Crippen MR) is 262 cm³/mol. The van der Waals surface area contributed by atoms with Gasteiger partial charge in [-0.25, -0.2) is 19.6 Å². The quantitative estimate of drug-likeness (QED) is 0.0866. The zero-order chi connectivity index (χ0) is 49.1. The molecule has 0 bridgehead atoms. The summed E-state index contributed by atoms with van der Waals surface area (Å²) in [7, 11) is 2.58. The van der Waals surface area contributed by atoms with Gasteiger partial charge in [0, 0.05) is 29.9 Å². The molecule has 0 saturated carbocycles. The van der Waals surface area contributed by atoms with E-state index < -0.39 is 24.3 Å². The van der Waals surface area contributed by atoms with E-state index in [2.05, 4.69) is 70.2 Å². The normalized spacial score (nSPS) is 17.0. The molecule has 0 aliphatic carbocycles. The first-order chi connectivity index (χ1) is 33.1. The van der Waals surface area contributed by atoms with E-state index in [1.807, 2.05) is 76.2 Å². The number of aromatic nitrogens is 7. The molecule has 0 radical (unpaired) electrons. The molecule has 69 heavy (non-hydrogen) atoms. The van der Waals surface area contributed by atoms with E-state index in [1.165, 1.54) is 19.8 Å². The van der Waals surface area contributed by atoms with Crippen molar-refractivity contribution in [2.75, 3.05) is 27.3 Å². The number of carbonyl (C=O) groups is 4. The van der Waals surface area contributed by atoms with Crippen LogP contribution in [-0.4, -0.2) is 108 Å². The van der Waals surface area contributed by atoms with E-state index in [-0.39, 0.29) is 41.1 Å². The number of benzene rings is 3. The highest BCUT2D eigenvalue weighted by atomic mass is 16.5. The minimum absolute atomic E-state index is 0.0320. The van der Waals surface area contributed by atoms with Gasteiger partial charge in [0.2, 0.25) is 11.8 Å². The minimum Gasteiger partial charge on any atom is -0.453 e. The summed E-state index contributed by atoms with van der Waals surface area (Å²) in [5.41, 5.74) is 7.29. The van der Waals surface area contributed by atoms with Crippen LogP contribution in [0.4, 0.5) is 9.59 Å². The summed E-state index contributed by atoms with van der Waals surface area (Å²) in [5.74, 6) is 2.16. The van der Waals surface area contributed by atoms with Crippen LogP contribution in [0.1, 0.15) is 103 Å². The summed E-state index contributed by atoms with van der Waals surface area (Å²) in [6, 6.07) is 22.8. The average molecular weight is 938 g/mol. The molecule has 3 aromatic heterocycles. The average Bonchev–Trinajstić information content (AvgIpc) is 4.21. The molecule has 2 fully saturated rings. The Hall–Kier alpha value is -7.30. The van der Waals surface area contributed by atoms with Crippen LogP contribution < -0.4 is 10.6 Å². The summed E-state index contributed by atoms with van der Waals surface area (Å²) < 4.78 is 11.7. The molecule has 4 atom stereocenters. The number of hydrogen-bond acceptors (Lipinski definition) is 10. The van der Waals surface area contributed by atoms with Crippen molar-refractivity contribution >= 4 is 24.0 Å². The maximum atomic E-state index is 13.7. The Morgan fingerprint density at radius 2 is 1.00 bits per heavy atom. The minimum atomic E-state index is -0.715. The fourth-order valence-electron chi connectivity index (χ4n) is 9.30. The number of carbonyl (C=O) groups excluding carboxylic acids is 4. The first-order valence-corrected chi connectivity index (χ1v) is 23.7. The van der Waals surface area contributed by atoms with E-state index in [4.69, 9.17) is 29.6 Å². The molecule has 8 rings (SSSR count). The lowest BCUT2D eigenvalue weighted by Gasteiger charge is -2.30. The number of likely N-dealkylation sites (tertiary alicyclic amines) is 2. The number of H-pyrrole nitrogens is 2. The van der Waals surface area contributed by atoms with Crippen LogP contribution in [0.25, 0.3) is 51.0 Å². The van der Waals surface area contributed by atoms with Crippen LogP contribution in [0, 0.1) is 11.8 Å². The summed E-state index contributed by atoms with van der Waals surface area (Å²) in [6.45, 7) is 15.3. The van der Waals surface area contributed by atoms with Crippen LogP contribution in [0.5, 0.6) is 0 Å². The number of rotatable bonds is 13. The van der Waals surface area contributed by atoms with Crippen LogP contribution in [0.3, 0.4) is 0 Å². The van der Waals surface area contributed by atoms with Gasteiger partial charge in [-0.3, -0.25) is 14.2 Å². The molecular weight excluding hydrogens is 875 g/mol. The van der Waals surface area contributed by atoms with Gasteiger partial charge in [-0.2, -0.15) is 0 Å². The Morgan fingerprint density at radius 1 is 0.609 bits per heavy atom. The molecule has 362 valence electrons. The number of nitrogens with zero attached hydrogens (tertiary/aromatic N) is 7. The highest BCUT2D eigenvalue weighted by molar-refractivity contribution is 5.87. The van der Waals surface area contributed by atoms with Gasteiger partial charge >= 0.3 is 12.2 Å². The highest BCUT2D eigenvalue weighted by Crippen LogP contribution is 2.36. The van der Waals surface area contributed by atoms with Crippen LogP contribution in [0.2, 0.25) is 0 Å². The molecule has 0 spiro atoms. The van der Waals surface area contributed by atoms with Gasteiger partial charge in [-0.1, -0.05) is 109 Å². The molecule has 17 heteroatoms. The van der Waals surface area contributed by atoms with Crippen LogP contribution >= 0.6 is 0 Å². The number of alkyl carbamates (subject to hydrolysis) is 2. The lowest BCUT2D eigenvalue weighted by atomic mass is 9.87. The number of nitrogens with one attached hydrogen (secondary N) is 4. The lowest BCUT2D eigenvalue weighted by molar-refractivity contribution is -0.136. The second kappa shape index (κ2) is 20.1. The molecule has 2 aliphatic heterocycles. The first-order valence-electron chi connectivity index (χ1n) is 23.7. The molecule has 6 aromatic rings. The second-order valence-corrected chi connectivity index (χ2v) is 19.6. The Labute approximate surface area is 402 Å². The predicted octanol–water partition coefficient (Wildman–Crippen LogP) is 8.77. The number of methoxy groups -OCH3 is 2. The Bertz CT molecular complexity index is 2610. The van der Waals surface area contributed by atoms with Crippen molar-refractivity contribution in [2.24, 2.45) is 11.8 Å². The molecule has 17 nitrogen and oxygen atoms in total. The van der Waals surface area contributed by atoms with Crippen LogP contribution in [-0.2, 0) is 24.5 Å². The summed E-state index contributed by atoms with van der Waals surface area (Å²) >= 11 is 0. The smallest absolute Gasteiger partial charge is 0.407 e. The highest BCUT2D eigenvalue weighted by Gasteiger charge is 2.39. The van der Waals surface area contributed by atoms with Crippen molar-refractivity contribution in [1.29, 1.82) is 0 Å². The molecule has 4 amide bonds. The molecular formula is C52H63N11O6. The third-order valence-corrected chi connectivity index (χ3v) is 13.2. The largest absolute Gasteiger partial charge is 0.453 e. The standard InChI is InChI=1S/C52H63N11O6/c1-30(2)42(57-50(66)68-8)48(64)61-26-10-12-40(61)44-53-28-38(55-44)32-14-18-34(19-15-32)46-59-60-47(63(46)37-24-22-36(23-25-37)52(5,6)7)35-20-16-33(17-21-35)39-29-54-45(56-39)41-13-11-27-62(41)49(65)43(31(3)4)58-51(67)69-9/h14-25,28-31,40-43H,10-13,26-27H2,1-9H3,(H,53,55)(H,54,56)(H,57,66)(H,58,67)/t40-,41-,42-,43-/m0/s1. The van der Waals surface area contributed by atoms with Gasteiger partial charge < -0.3 is 39.9 Å². The van der Waals surface area contributed by atoms with Crippen LogP contribution in [0.15, 0.2) is 85.2 Å². The molecule has 3 aromatic carbocycles. The number of imidazole rings is 2. The van der Waals surface area contributed by atoms with Gasteiger partial charge in [-0.05, 0) is 71.8 Å². The molecule has 5 heterocycles. The van der Waals surface area contributed by atoms with Gasteiger partial charge in [0.25, 0.3) is 0 Å². The van der Waals surface area contributed by atoms with E-state index >= 15 is 0 Å². The maximum absolute atomic E-state index is 13.7. The number of ether oxygens (including phenoxy) is 2. The van der Waals surface area contributed by atoms with Gasteiger partial charge in [-0.15, -0.1) is 10.2 Å². The lowest BCUT2D eigenvalue weighted by Crippen LogP contribution is -2.51. The zero-order valence-corrected chi connectivity index (χ0v) is 40.9. The molecule has 0 unspecified atom stereocenters. The number of amides is 4. The topological polar surface area (TPSA) is 205 Å². The van der Waals surface area contributed by atoms with E-state index in [0.29, 0.717) is 36.4 Å². The molecule has 2 aliphatic rings. The van der Waals surface area contributed by atoms with E-state index in [0.717, 1.165) is 65.0 Å². The SMILES string of the molecule is COC(=O)N[C@H](C(=O)N1CCC[C@H]1c1ncc(-c2ccc(-c3nnc(-c4ccc(-c5cnc([C@@H]6CCCN6C(=O)[C@@H](NC(=O)OC)C(C)C)[nH]5)cc4)n3-c3ccc(C(C)(C)C)cc3)cc2)[nH]1)C(C)C. The summed E-state index contributed by atoms with van der Waals surface area (Å²) in [6.07, 6.45) is 5.47. The van der Waals surface area contributed by atoms with E-state index in [9.17, 15) is 19.2 Å². The van der Waals surface area contributed by atoms with Gasteiger partial charge in [0.1, 0.15) is 23.7 Å². The fourth-order valence-corrected chi connectivity index (χ4v) is 9.30. The summed E-state index contributed by atoms with van der Waals surface area (Å²) in [5, 5.41) is 15.0. The third kappa shape index (κ3) is 10.1. The Morgan fingerprint density at radius 3 is 1.36 bits per heavy atom. The third-order valence-electron chi connectivity index (χ3n) is 13.2. The Kier molecular flexibility index (Phi) is 14.0. The number of hydrogen-bond donors (Lipinski definition) is 4. The molecule has 4 N–H and O–H groups in total. The monoisotopic (exact) mass is 937 g/mol. The van der Waals surface area contributed by atoms with Crippen molar-refractivity contribution in [2.45, 2.75) is 104 Å². The molecule has 2 saturated heterocycles. The maximum Gasteiger partial charge on any atom is 0.407 e. The first kappa shape index (κ1) is 48.2. The van der Waals surface area contributed by atoms with Crippen molar-refractivity contribution in [3.63, 3.8) is 0 Å². The summed E-state index contributed by atoms with van der Waals surface area (Å²) in [4.78, 5) is 71.7. The van der Waals surface area contributed by atoms with Crippen molar-refractivity contribution in [3.8, 4) is 51.0 Å². The van der Waals surface area contributed by atoms with Crippen molar-refractivity contribution in [1.82, 2.24) is 55.1 Å². The fraction of sp³-hybridized carbons (Fsp3) is 0.423. The number of aromatic amines is 2. The van der Waals surface area contributed by atoms with Gasteiger partial charge in [0.05, 0.1) is 50.1 Å². The Balaban J connectivity index is 1.04. The van der Waals surface area contributed by atoms with Crippen molar-refractivity contribution < 1.29 is 28.7 Å². The zero-order valence-electron chi connectivity index (χ0n) is 40.9. The van der Waals surface area contributed by atoms with Gasteiger partial charge in [0.15, 0.2) is 11.6 Å². The van der Waals surface area contributed by atoms with Crippen molar-refractivity contribution in [3.05, 3.63) is 102 Å².